The number of aliphatic hydroxyl groups excluding tert-OH is 2. The van der Waals surface area contributed by atoms with Crippen LogP contribution in [-0.2, 0) is 39.8 Å². The van der Waals surface area contributed by atoms with Gasteiger partial charge in [-0.15, -0.1) is 5.10 Å². The van der Waals surface area contributed by atoms with E-state index in [9.17, 15) is 24.9 Å². The van der Waals surface area contributed by atoms with E-state index in [-0.39, 0.29) is 31.1 Å². The third-order valence-corrected chi connectivity index (χ3v) is 12.1. The number of oxime groups is 1. The Bertz CT molecular complexity index is 1430. The first-order valence-corrected chi connectivity index (χ1v) is 19.9. The number of rotatable bonds is 10. The number of ketones is 1. The molecule has 0 bridgehead atoms. The van der Waals surface area contributed by atoms with Crippen LogP contribution >= 0.6 is 9.39 Å². The predicted octanol–water partition coefficient (Wildman–Crippen LogP) is 1.73. The number of nitrogens with one attached hydrogen (secondary N) is 1. The molecule has 1 aromatic rings. The Kier molecular flexibility index (Phi) is 15.6. The van der Waals surface area contributed by atoms with Crippen LogP contribution in [0.4, 0.5) is 0 Å². The molecule has 0 spiro atoms. The molecule has 3 aliphatic heterocycles. The zero-order chi connectivity index (χ0) is 40.1. The third kappa shape index (κ3) is 10.2. The number of esters is 1. The third-order valence-electron chi connectivity index (χ3n) is 11.8. The number of aliphatic hydroxyl groups is 3. The average molecular weight is 785 g/mol. The number of nitrogens with zero attached hydrogens (tertiary/aromatic N) is 5. The molecule has 4 heterocycles. The zero-order valence-electron chi connectivity index (χ0n) is 33.7. The van der Waals surface area contributed by atoms with Crippen molar-refractivity contribution in [1.82, 2.24) is 25.0 Å². The highest BCUT2D eigenvalue weighted by Gasteiger charge is 2.52. The summed E-state index contributed by atoms with van der Waals surface area (Å²) in [5.41, 5.74) is -1.84. The zero-order valence-corrected chi connectivity index (χ0v) is 34.8. The van der Waals surface area contributed by atoms with Gasteiger partial charge in [-0.1, -0.05) is 38.1 Å². The van der Waals surface area contributed by atoms with Crippen molar-refractivity contribution < 1.29 is 48.7 Å². The van der Waals surface area contributed by atoms with Gasteiger partial charge in [-0.05, 0) is 69.9 Å². The van der Waals surface area contributed by atoms with Crippen molar-refractivity contribution >= 4 is 26.9 Å². The number of aromatic nitrogens is 3. The van der Waals surface area contributed by atoms with Gasteiger partial charge in [0, 0.05) is 56.8 Å². The molecule has 0 amide bonds. The molecule has 3 saturated heterocycles. The highest BCUT2D eigenvalue weighted by Crippen LogP contribution is 2.39. The Labute approximate surface area is 322 Å². The maximum absolute atomic E-state index is 14.3. The van der Waals surface area contributed by atoms with Crippen molar-refractivity contribution in [3.05, 3.63) is 11.9 Å². The van der Waals surface area contributed by atoms with E-state index >= 15 is 0 Å². The van der Waals surface area contributed by atoms with Crippen molar-refractivity contribution in [2.75, 3.05) is 33.8 Å². The summed E-state index contributed by atoms with van der Waals surface area (Å²) in [7, 11) is 5.91. The van der Waals surface area contributed by atoms with Crippen LogP contribution in [0.15, 0.2) is 11.4 Å². The van der Waals surface area contributed by atoms with Gasteiger partial charge in [0.05, 0.1) is 41.5 Å². The lowest BCUT2D eigenvalue weighted by Gasteiger charge is -2.47. The average Bonchev–Trinajstić information content (AvgIpc) is 3.82. The van der Waals surface area contributed by atoms with E-state index in [0.29, 0.717) is 31.6 Å². The fourth-order valence-electron chi connectivity index (χ4n) is 8.28. The number of ether oxygens (including phenoxy) is 4. The SMILES string of the molecule is CC[C@H]1OC(=O)[C@H](C)C(=O)[C@H](C)[C@@H](O[C@@H]2O[C@H](C)C[C@H](N(C)CCc3cn(P)nn3)[C@H]2O)[C@](C)(OC)C[C@@H](C)/C(=N\O[C@@H]2CCNC2)[C@H](C)[C@@H](O)[C@]1(C)O. The maximum Gasteiger partial charge on any atom is 0.316 e. The number of methoxy groups -OCH3 is 1. The summed E-state index contributed by atoms with van der Waals surface area (Å²) in [5.74, 6) is -4.68. The quantitative estimate of drug-likeness (QED) is 0.116. The maximum atomic E-state index is 14.3. The molecule has 1 aromatic heterocycles. The number of likely N-dealkylation sites (N-methyl/N-ethyl adjacent to an activating group) is 1. The van der Waals surface area contributed by atoms with Gasteiger partial charge in [0.2, 0.25) is 0 Å². The van der Waals surface area contributed by atoms with Crippen LogP contribution in [0.25, 0.3) is 0 Å². The second-order valence-corrected chi connectivity index (χ2v) is 16.7. The van der Waals surface area contributed by atoms with Gasteiger partial charge in [0.25, 0.3) is 0 Å². The Morgan fingerprint density at radius 1 is 1.17 bits per heavy atom. The first-order chi connectivity index (χ1) is 25.3. The van der Waals surface area contributed by atoms with Crippen molar-refractivity contribution in [1.29, 1.82) is 0 Å². The van der Waals surface area contributed by atoms with Crippen LogP contribution in [0.1, 0.15) is 86.8 Å². The summed E-state index contributed by atoms with van der Waals surface area (Å²) >= 11 is 0. The number of carbonyl (C=O) groups excluding carboxylic acids is 2. The molecule has 0 aromatic carbocycles. The standard InChI is InChI=1S/C37H65N6O10P/c1-11-28-37(8,48)32(46)22(4)29(40-53-26-12-14-38-18-26)20(2)17-36(7,49-10)33(23(5)30(44)24(6)34(47)51-28)52-35-31(45)27(16-21(3)50-35)42(9)15-13-25-19-43(54)41-39-25/h19-24,26-28,31-33,35,38,45-46,48H,11-18,54H2,1-10H3/b40-29+/t20-,21-,22+,23+,24-,26-,27+,28-,31-,32-,33-,35+,36-,37-/m1/s1. The van der Waals surface area contributed by atoms with E-state index in [4.69, 9.17) is 23.8 Å². The summed E-state index contributed by atoms with van der Waals surface area (Å²) in [5, 5.41) is 51.3. The molecule has 15 atom stereocenters. The Balaban J connectivity index is 1.72. The summed E-state index contributed by atoms with van der Waals surface area (Å²) in [4.78, 5) is 35.9. The van der Waals surface area contributed by atoms with Gasteiger partial charge in [0.1, 0.15) is 29.8 Å². The van der Waals surface area contributed by atoms with Crippen LogP contribution in [0, 0.1) is 23.7 Å². The molecule has 0 aliphatic carbocycles. The van der Waals surface area contributed by atoms with E-state index in [1.165, 1.54) is 21.0 Å². The Morgan fingerprint density at radius 3 is 2.46 bits per heavy atom. The van der Waals surface area contributed by atoms with E-state index in [2.05, 4.69) is 30.2 Å². The monoisotopic (exact) mass is 784 g/mol. The smallest absolute Gasteiger partial charge is 0.316 e. The molecule has 3 fully saturated rings. The molecular formula is C37H65N6O10P. The van der Waals surface area contributed by atoms with E-state index in [0.717, 1.165) is 18.7 Å². The van der Waals surface area contributed by atoms with Gasteiger partial charge in [0.15, 0.2) is 12.1 Å². The Morgan fingerprint density at radius 2 is 1.87 bits per heavy atom. The van der Waals surface area contributed by atoms with Crippen molar-refractivity contribution in [2.45, 2.75) is 148 Å². The minimum Gasteiger partial charge on any atom is -0.459 e. The highest BCUT2D eigenvalue weighted by atomic mass is 31.0. The van der Waals surface area contributed by atoms with Crippen LogP contribution in [0.2, 0.25) is 0 Å². The number of hydrogen-bond donors (Lipinski definition) is 4. The van der Waals surface area contributed by atoms with Gasteiger partial charge < -0.3 is 49.3 Å². The van der Waals surface area contributed by atoms with Gasteiger partial charge in [-0.25, -0.2) is 4.45 Å². The van der Waals surface area contributed by atoms with Crippen molar-refractivity contribution in [2.24, 2.45) is 28.8 Å². The number of cyclic esters (lactones) is 1. The fraction of sp³-hybridized carbons (Fsp3) is 0.865. The lowest BCUT2D eigenvalue weighted by Crippen LogP contribution is -2.60. The molecule has 1 unspecified atom stereocenters. The largest absolute Gasteiger partial charge is 0.459 e. The summed E-state index contributed by atoms with van der Waals surface area (Å²) < 4.78 is 26.6. The van der Waals surface area contributed by atoms with Crippen LogP contribution in [0.5, 0.6) is 0 Å². The van der Waals surface area contributed by atoms with E-state index in [1.54, 1.807) is 25.2 Å². The summed E-state index contributed by atoms with van der Waals surface area (Å²) in [6.45, 7) is 15.7. The van der Waals surface area contributed by atoms with E-state index < -0.39 is 77.3 Å². The highest BCUT2D eigenvalue weighted by molar-refractivity contribution is 7.14. The first-order valence-electron chi connectivity index (χ1n) is 19.3. The predicted molar refractivity (Wildman–Crippen MR) is 203 cm³/mol. The van der Waals surface area contributed by atoms with Crippen molar-refractivity contribution in [3.63, 3.8) is 0 Å². The number of hydrogen-bond acceptors (Lipinski definition) is 15. The minimum atomic E-state index is -1.89. The minimum absolute atomic E-state index is 0.173. The normalized spacial score (nSPS) is 41.2. The molecule has 308 valence electrons. The lowest BCUT2D eigenvalue weighted by molar-refractivity contribution is -0.295. The summed E-state index contributed by atoms with van der Waals surface area (Å²) in [6, 6.07) is -0.349. The lowest BCUT2D eigenvalue weighted by atomic mass is 9.74. The number of Topliss-reactive ketones (excluding diaryl/α,β-unsaturated/α-hetero) is 1. The second-order valence-electron chi connectivity index (χ2n) is 16.2. The molecule has 17 heteroatoms. The first kappa shape index (κ1) is 44.6. The molecular weight excluding hydrogens is 719 g/mol. The van der Waals surface area contributed by atoms with Gasteiger partial charge in [-0.3, -0.25) is 9.59 Å². The molecule has 54 heavy (non-hydrogen) atoms. The molecule has 16 nitrogen and oxygen atoms in total. The second kappa shape index (κ2) is 18.9. The van der Waals surface area contributed by atoms with Crippen LogP contribution in [-0.4, -0.2) is 146 Å². The topological polar surface area (TPSA) is 199 Å². The fourth-order valence-corrected chi connectivity index (χ4v) is 8.50. The van der Waals surface area contributed by atoms with Crippen molar-refractivity contribution in [3.8, 4) is 0 Å². The molecule has 3 aliphatic rings. The molecule has 0 saturated carbocycles. The Hall–Kier alpha value is -2.14. The summed E-state index contributed by atoms with van der Waals surface area (Å²) in [6.07, 6.45) is -2.17. The molecule has 4 N–H and O–H groups in total. The van der Waals surface area contributed by atoms with Gasteiger partial charge in [-0.2, -0.15) is 0 Å². The van der Waals surface area contributed by atoms with Gasteiger partial charge >= 0.3 is 5.97 Å². The molecule has 4 rings (SSSR count). The number of carbonyl (C=O) groups is 2. The van der Waals surface area contributed by atoms with Crippen LogP contribution in [0.3, 0.4) is 0 Å². The molecule has 0 radical (unpaired) electrons. The van der Waals surface area contributed by atoms with E-state index in [1.807, 2.05) is 38.9 Å². The van der Waals surface area contributed by atoms with Crippen LogP contribution < -0.4 is 5.32 Å².